The number of piperidine rings is 1. The summed E-state index contributed by atoms with van der Waals surface area (Å²) in [7, 11) is 0. The van der Waals surface area contributed by atoms with Gasteiger partial charge in [-0.2, -0.15) is 0 Å². The molecule has 2 aliphatic heterocycles. The predicted molar refractivity (Wildman–Crippen MR) is 91.6 cm³/mol. The van der Waals surface area contributed by atoms with E-state index in [0.717, 1.165) is 57.1 Å². The van der Waals surface area contributed by atoms with Crippen LogP contribution in [0, 0.1) is 11.8 Å². The molecule has 0 atom stereocenters. The zero-order valence-corrected chi connectivity index (χ0v) is 14.1. The van der Waals surface area contributed by atoms with Crippen LogP contribution in [0.3, 0.4) is 0 Å². The molecule has 1 aromatic carbocycles. The standard InChI is InChI=1S/C19H28N2O2/c1-2-23-18-7-5-15(6-8-18)3-4-16-9-11-21(12-10-16)19(22)17-13-20-14-17/h5-8,16-17,20H,2-4,9-14H2,1H3. The van der Waals surface area contributed by atoms with Crippen molar-refractivity contribution in [1.82, 2.24) is 10.2 Å². The summed E-state index contributed by atoms with van der Waals surface area (Å²) in [6.07, 6.45) is 4.66. The van der Waals surface area contributed by atoms with E-state index in [1.165, 1.54) is 12.0 Å². The first-order valence-corrected chi connectivity index (χ1v) is 8.97. The van der Waals surface area contributed by atoms with Gasteiger partial charge in [0, 0.05) is 26.2 Å². The van der Waals surface area contributed by atoms with Crippen LogP contribution in [0.15, 0.2) is 24.3 Å². The molecule has 0 aromatic heterocycles. The molecule has 1 N–H and O–H groups in total. The number of amides is 1. The Balaban J connectivity index is 1.39. The number of likely N-dealkylation sites (tertiary alicyclic amines) is 1. The Morgan fingerprint density at radius 1 is 1.22 bits per heavy atom. The maximum atomic E-state index is 12.2. The van der Waals surface area contributed by atoms with E-state index in [-0.39, 0.29) is 5.92 Å². The lowest BCUT2D eigenvalue weighted by Crippen LogP contribution is -2.53. The van der Waals surface area contributed by atoms with Crippen molar-refractivity contribution < 1.29 is 9.53 Å². The molecule has 0 unspecified atom stereocenters. The van der Waals surface area contributed by atoms with Crippen LogP contribution in [0.4, 0.5) is 0 Å². The minimum atomic E-state index is 0.246. The molecule has 0 radical (unpaired) electrons. The minimum Gasteiger partial charge on any atom is -0.494 e. The number of hydrogen-bond acceptors (Lipinski definition) is 3. The molecule has 2 fully saturated rings. The summed E-state index contributed by atoms with van der Waals surface area (Å²) in [6, 6.07) is 8.47. The average molecular weight is 316 g/mol. The molecule has 4 nitrogen and oxygen atoms in total. The van der Waals surface area contributed by atoms with Crippen molar-refractivity contribution in [1.29, 1.82) is 0 Å². The van der Waals surface area contributed by atoms with Crippen molar-refractivity contribution >= 4 is 5.91 Å². The Morgan fingerprint density at radius 3 is 2.48 bits per heavy atom. The minimum absolute atomic E-state index is 0.246. The average Bonchev–Trinajstić information content (AvgIpc) is 2.53. The van der Waals surface area contributed by atoms with E-state index < -0.39 is 0 Å². The van der Waals surface area contributed by atoms with Crippen LogP contribution in [0.1, 0.15) is 31.7 Å². The highest BCUT2D eigenvalue weighted by molar-refractivity contribution is 5.80. The van der Waals surface area contributed by atoms with Gasteiger partial charge < -0.3 is 15.0 Å². The number of rotatable bonds is 6. The second-order valence-corrected chi connectivity index (χ2v) is 6.74. The smallest absolute Gasteiger partial charge is 0.228 e. The van der Waals surface area contributed by atoms with E-state index in [1.807, 2.05) is 6.92 Å². The van der Waals surface area contributed by atoms with Gasteiger partial charge in [-0.05, 0) is 56.2 Å². The third-order valence-electron chi connectivity index (χ3n) is 5.13. The van der Waals surface area contributed by atoms with Gasteiger partial charge in [-0.25, -0.2) is 0 Å². The van der Waals surface area contributed by atoms with Crippen LogP contribution >= 0.6 is 0 Å². The number of hydrogen-bond donors (Lipinski definition) is 1. The van der Waals surface area contributed by atoms with E-state index in [1.54, 1.807) is 0 Å². The van der Waals surface area contributed by atoms with Crippen LogP contribution < -0.4 is 10.1 Å². The van der Waals surface area contributed by atoms with Crippen molar-refractivity contribution in [3.63, 3.8) is 0 Å². The largest absolute Gasteiger partial charge is 0.494 e. The third kappa shape index (κ3) is 4.25. The Kier molecular flexibility index (Phi) is 5.55. The van der Waals surface area contributed by atoms with Crippen molar-refractivity contribution in [2.24, 2.45) is 11.8 Å². The van der Waals surface area contributed by atoms with E-state index >= 15 is 0 Å². The molecule has 0 aliphatic carbocycles. The summed E-state index contributed by atoms with van der Waals surface area (Å²) in [4.78, 5) is 14.3. The fourth-order valence-electron chi connectivity index (χ4n) is 3.45. The zero-order valence-electron chi connectivity index (χ0n) is 14.1. The predicted octanol–water partition coefficient (Wildman–Crippen LogP) is 2.48. The Hall–Kier alpha value is -1.55. The fraction of sp³-hybridized carbons (Fsp3) is 0.632. The number of ether oxygens (including phenoxy) is 1. The van der Waals surface area contributed by atoms with Crippen LogP contribution in [0.25, 0.3) is 0 Å². The molecule has 126 valence electrons. The number of nitrogens with zero attached hydrogens (tertiary/aromatic N) is 1. The summed E-state index contributed by atoms with van der Waals surface area (Å²) >= 11 is 0. The Morgan fingerprint density at radius 2 is 1.91 bits per heavy atom. The van der Waals surface area contributed by atoms with Gasteiger partial charge in [0.15, 0.2) is 0 Å². The number of nitrogens with one attached hydrogen (secondary N) is 1. The third-order valence-corrected chi connectivity index (χ3v) is 5.13. The first kappa shape index (κ1) is 16.3. The van der Waals surface area contributed by atoms with Gasteiger partial charge in [-0.3, -0.25) is 4.79 Å². The highest BCUT2D eigenvalue weighted by Gasteiger charge is 2.31. The Bertz CT molecular complexity index is 503. The van der Waals surface area contributed by atoms with Gasteiger partial charge in [0.25, 0.3) is 0 Å². The van der Waals surface area contributed by atoms with E-state index in [2.05, 4.69) is 34.5 Å². The van der Waals surface area contributed by atoms with Crippen LogP contribution in [-0.2, 0) is 11.2 Å². The molecule has 0 bridgehead atoms. The number of carbonyl (C=O) groups excluding carboxylic acids is 1. The molecule has 0 saturated carbocycles. The lowest BCUT2D eigenvalue weighted by Gasteiger charge is -2.37. The SMILES string of the molecule is CCOc1ccc(CCC2CCN(C(=O)C3CNC3)CC2)cc1. The van der Waals surface area contributed by atoms with Gasteiger partial charge in [0.1, 0.15) is 5.75 Å². The molecule has 23 heavy (non-hydrogen) atoms. The quantitative estimate of drug-likeness (QED) is 0.876. The fourth-order valence-corrected chi connectivity index (χ4v) is 3.45. The van der Waals surface area contributed by atoms with E-state index in [0.29, 0.717) is 12.5 Å². The summed E-state index contributed by atoms with van der Waals surface area (Å²) in [5.41, 5.74) is 1.38. The topological polar surface area (TPSA) is 41.6 Å². The molecule has 3 rings (SSSR count). The number of benzene rings is 1. The molecular weight excluding hydrogens is 288 g/mol. The molecule has 1 aromatic rings. The second kappa shape index (κ2) is 7.82. The molecule has 2 heterocycles. The number of carbonyl (C=O) groups is 1. The first-order chi connectivity index (χ1) is 11.3. The monoisotopic (exact) mass is 316 g/mol. The van der Waals surface area contributed by atoms with E-state index in [9.17, 15) is 4.79 Å². The van der Waals surface area contributed by atoms with Crippen molar-refractivity contribution in [2.75, 3.05) is 32.8 Å². The Labute approximate surface area is 139 Å². The van der Waals surface area contributed by atoms with Crippen LogP contribution in [0.2, 0.25) is 0 Å². The maximum Gasteiger partial charge on any atom is 0.228 e. The summed E-state index contributed by atoms with van der Waals surface area (Å²) in [5, 5.41) is 3.18. The molecule has 1 amide bonds. The summed E-state index contributed by atoms with van der Waals surface area (Å²) in [6.45, 7) is 6.36. The van der Waals surface area contributed by atoms with Crippen molar-refractivity contribution in [2.45, 2.75) is 32.6 Å². The van der Waals surface area contributed by atoms with Crippen LogP contribution in [0.5, 0.6) is 5.75 Å². The summed E-state index contributed by atoms with van der Waals surface area (Å²) < 4.78 is 5.48. The molecule has 4 heteroatoms. The van der Waals surface area contributed by atoms with Crippen molar-refractivity contribution in [3.05, 3.63) is 29.8 Å². The van der Waals surface area contributed by atoms with Crippen molar-refractivity contribution in [3.8, 4) is 5.75 Å². The first-order valence-electron chi connectivity index (χ1n) is 8.97. The van der Waals surface area contributed by atoms with Gasteiger partial charge in [-0.1, -0.05) is 12.1 Å². The molecule has 2 saturated heterocycles. The summed E-state index contributed by atoms with van der Waals surface area (Å²) in [5.74, 6) is 2.32. The van der Waals surface area contributed by atoms with Gasteiger partial charge >= 0.3 is 0 Å². The maximum absolute atomic E-state index is 12.2. The molecule has 0 spiro atoms. The van der Waals surface area contributed by atoms with E-state index in [4.69, 9.17) is 4.74 Å². The van der Waals surface area contributed by atoms with Gasteiger partial charge in [-0.15, -0.1) is 0 Å². The van der Waals surface area contributed by atoms with Gasteiger partial charge in [0.2, 0.25) is 5.91 Å². The number of aryl methyl sites for hydroxylation is 1. The highest BCUT2D eigenvalue weighted by Crippen LogP contribution is 2.24. The highest BCUT2D eigenvalue weighted by atomic mass is 16.5. The molecular formula is C19H28N2O2. The lowest BCUT2D eigenvalue weighted by molar-refractivity contribution is -0.138. The molecule has 2 aliphatic rings. The lowest BCUT2D eigenvalue weighted by atomic mass is 9.89. The van der Waals surface area contributed by atoms with Gasteiger partial charge in [0.05, 0.1) is 12.5 Å². The van der Waals surface area contributed by atoms with Crippen LogP contribution in [-0.4, -0.2) is 43.6 Å². The second-order valence-electron chi connectivity index (χ2n) is 6.74. The normalized spacial score (nSPS) is 19.4. The zero-order chi connectivity index (χ0) is 16.1.